The molecule has 32 heavy (non-hydrogen) atoms. The molecule has 2 rings (SSSR count). The number of nitrogens with one attached hydrogen (secondary N) is 1. The molecule has 0 aliphatic rings. The Balaban J connectivity index is 2.41. The molecule has 2 aromatic rings. The van der Waals surface area contributed by atoms with E-state index in [4.69, 9.17) is 18.9 Å². The van der Waals surface area contributed by atoms with Crippen molar-refractivity contribution < 1.29 is 36.9 Å². The smallest absolute Gasteiger partial charge is 0.325 e. The van der Waals surface area contributed by atoms with Crippen molar-refractivity contribution in [1.82, 2.24) is 0 Å². The van der Waals surface area contributed by atoms with Crippen molar-refractivity contribution in [2.75, 3.05) is 40.3 Å². The molecule has 0 saturated heterocycles. The molecule has 0 heterocycles. The predicted molar refractivity (Wildman–Crippen MR) is 120 cm³/mol. The summed E-state index contributed by atoms with van der Waals surface area (Å²) >= 11 is 0. The molecule has 10 heteroatoms. The van der Waals surface area contributed by atoms with Crippen molar-refractivity contribution in [3.8, 4) is 23.0 Å². The van der Waals surface area contributed by atoms with Crippen LogP contribution in [0.25, 0.3) is 6.08 Å². The van der Waals surface area contributed by atoms with Crippen molar-refractivity contribution in [3.63, 3.8) is 0 Å². The number of carbonyl (C=O) groups excluding carboxylic acids is 1. The van der Waals surface area contributed by atoms with E-state index in [-0.39, 0.29) is 11.4 Å². The van der Waals surface area contributed by atoms with Gasteiger partial charge in [0.2, 0.25) is 5.75 Å². The summed E-state index contributed by atoms with van der Waals surface area (Å²) in [5, 5.41) is 3.85. The van der Waals surface area contributed by atoms with E-state index in [1.807, 2.05) is 0 Å². The summed E-state index contributed by atoms with van der Waals surface area (Å²) < 4.78 is 51.6. The molecular formula is C22H25NO8S. The van der Waals surface area contributed by atoms with Gasteiger partial charge >= 0.3 is 5.97 Å². The number of rotatable bonds is 11. The van der Waals surface area contributed by atoms with Gasteiger partial charge in [0.15, 0.2) is 21.3 Å². The van der Waals surface area contributed by atoms with Crippen molar-refractivity contribution in [1.29, 1.82) is 0 Å². The Morgan fingerprint density at radius 1 is 1.00 bits per heavy atom. The molecule has 0 saturated carbocycles. The number of sulfone groups is 1. The number of benzene rings is 2. The fourth-order valence-electron chi connectivity index (χ4n) is 2.76. The Hall–Kier alpha value is -3.66. The zero-order valence-corrected chi connectivity index (χ0v) is 19.0. The summed E-state index contributed by atoms with van der Waals surface area (Å²) in [6.07, 6.45) is 2.63. The molecule has 0 atom stereocenters. The normalized spacial score (nSPS) is 11.0. The highest BCUT2D eigenvalue weighted by Crippen LogP contribution is 2.40. The number of methoxy groups -OCH3 is 4. The molecule has 0 aliphatic heterocycles. The second-order valence-corrected chi connectivity index (χ2v) is 7.98. The van der Waals surface area contributed by atoms with Gasteiger partial charge < -0.3 is 29.0 Å². The first kappa shape index (κ1) is 24.6. The molecule has 0 radical (unpaired) electrons. The number of anilines is 1. The van der Waals surface area contributed by atoms with E-state index in [0.29, 0.717) is 34.2 Å². The molecule has 0 aliphatic carbocycles. The minimum Gasteiger partial charge on any atom is -0.495 e. The minimum absolute atomic E-state index is 0.000501. The average molecular weight is 464 g/mol. The lowest BCUT2D eigenvalue weighted by molar-refractivity contribution is -0.138. The van der Waals surface area contributed by atoms with E-state index < -0.39 is 15.8 Å². The second kappa shape index (κ2) is 11.1. The molecule has 0 bridgehead atoms. The van der Waals surface area contributed by atoms with Crippen molar-refractivity contribution >= 4 is 27.6 Å². The third-order valence-corrected chi connectivity index (χ3v) is 5.71. The number of ether oxygens (including phenoxy) is 5. The van der Waals surface area contributed by atoms with Crippen LogP contribution in [0.5, 0.6) is 23.0 Å². The Morgan fingerprint density at radius 3 is 2.28 bits per heavy atom. The standard InChI is InChI=1S/C22H25NO8S/c1-6-31-19-9-7-15(21(29-4)22(19)30-5)11-12-32(25,26)16-8-10-18(27-2)17(13-16)23-14-20(24)28-3/h6-13,23H,1,14H2,2-5H3/b12-11+. The SMILES string of the molecule is C=COc1ccc(/C=C/S(=O)(=O)c2ccc(OC)c(NCC(=O)OC)c2)c(OC)c1OC. The lowest BCUT2D eigenvalue weighted by atomic mass is 10.1. The van der Waals surface area contributed by atoms with Crippen molar-refractivity contribution in [3.05, 3.63) is 54.1 Å². The van der Waals surface area contributed by atoms with E-state index in [1.165, 1.54) is 59.0 Å². The second-order valence-electron chi connectivity index (χ2n) is 6.14. The average Bonchev–Trinajstić information content (AvgIpc) is 2.80. The van der Waals surface area contributed by atoms with E-state index >= 15 is 0 Å². The van der Waals surface area contributed by atoms with E-state index in [2.05, 4.69) is 16.6 Å². The third kappa shape index (κ3) is 5.73. The number of hydrogen-bond donors (Lipinski definition) is 1. The third-order valence-electron chi connectivity index (χ3n) is 4.30. The van der Waals surface area contributed by atoms with Crippen LogP contribution in [0.15, 0.2) is 53.5 Å². The summed E-state index contributed by atoms with van der Waals surface area (Å²) in [6, 6.07) is 7.51. The quantitative estimate of drug-likeness (QED) is 0.397. The zero-order valence-electron chi connectivity index (χ0n) is 18.2. The first-order valence-electron chi connectivity index (χ1n) is 9.25. The highest BCUT2D eigenvalue weighted by atomic mass is 32.2. The van der Waals surface area contributed by atoms with Crippen LogP contribution in [0, 0.1) is 0 Å². The maximum absolute atomic E-state index is 12.9. The molecular weight excluding hydrogens is 438 g/mol. The molecule has 172 valence electrons. The Labute approximate surface area is 187 Å². The Kier molecular flexibility index (Phi) is 8.54. The summed E-state index contributed by atoms with van der Waals surface area (Å²) in [6.45, 7) is 3.36. The number of carbonyl (C=O) groups is 1. The summed E-state index contributed by atoms with van der Waals surface area (Å²) in [7, 11) is 1.72. The molecule has 2 aromatic carbocycles. The first-order chi connectivity index (χ1) is 15.3. The highest BCUT2D eigenvalue weighted by molar-refractivity contribution is 7.94. The number of hydrogen-bond acceptors (Lipinski definition) is 9. The van der Waals surface area contributed by atoms with Gasteiger partial charge in [0.1, 0.15) is 12.3 Å². The Morgan fingerprint density at radius 2 is 1.69 bits per heavy atom. The van der Waals surface area contributed by atoms with E-state index in [9.17, 15) is 13.2 Å². The highest BCUT2D eigenvalue weighted by Gasteiger charge is 2.18. The molecule has 0 amide bonds. The summed E-state index contributed by atoms with van der Waals surface area (Å²) in [4.78, 5) is 11.4. The van der Waals surface area contributed by atoms with Gasteiger partial charge in [0.05, 0.1) is 45.3 Å². The molecule has 0 spiro atoms. The van der Waals surface area contributed by atoms with Crippen LogP contribution in [0.3, 0.4) is 0 Å². The van der Waals surface area contributed by atoms with Crippen LogP contribution in [0.4, 0.5) is 5.69 Å². The fraction of sp³-hybridized carbons (Fsp3) is 0.227. The largest absolute Gasteiger partial charge is 0.495 e. The van der Waals surface area contributed by atoms with Crippen LogP contribution in [-0.2, 0) is 19.4 Å². The lowest BCUT2D eigenvalue weighted by Gasteiger charge is -2.14. The van der Waals surface area contributed by atoms with Gasteiger partial charge in [-0.2, -0.15) is 0 Å². The molecule has 0 fully saturated rings. The van der Waals surface area contributed by atoms with Gasteiger partial charge in [-0.1, -0.05) is 6.58 Å². The van der Waals surface area contributed by atoms with Crippen LogP contribution in [0.2, 0.25) is 0 Å². The monoisotopic (exact) mass is 463 g/mol. The van der Waals surface area contributed by atoms with Gasteiger partial charge in [0.25, 0.3) is 0 Å². The zero-order chi connectivity index (χ0) is 23.7. The van der Waals surface area contributed by atoms with Crippen LogP contribution < -0.4 is 24.3 Å². The van der Waals surface area contributed by atoms with Gasteiger partial charge in [-0.3, -0.25) is 4.79 Å². The lowest BCUT2D eigenvalue weighted by Crippen LogP contribution is -2.15. The van der Waals surface area contributed by atoms with Gasteiger partial charge in [-0.15, -0.1) is 0 Å². The summed E-state index contributed by atoms with van der Waals surface area (Å²) in [5.74, 6) is 0.834. The van der Waals surface area contributed by atoms with Crippen LogP contribution >= 0.6 is 0 Å². The maximum atomic E-state index is 12.9. The van der Waals surface area contributed by atoms with E-state index in [1.54, 1.807) is 12.1 Å². The topological polar surface area (TPSA) is 109 Å². The van der Waals surface area contributed by atoms with Gasteiger partial charge in [0, 0.05) is 11.0 Å². The van der Waals surface area contributed by atoms with Crippen molar-refractivity contribution in [2.45, 2.75) is 4.90 Å². The van der Waals surface area contributed by atoms with Gasteiger partial charge in [-0.25, -0.2) is 8.42 Å². The fourth-order valence-corrected chi connectivity index (χ4v) is 3.78. The molecule has 0 aromatic heterocycles. The molecule has 0 unspecified atom stereocenters. The Bertz CT molecular complexity index is 1110. The van der Waals surface area contributed by atoms with Crippen LogP contribution in [-0.4, -0.2) is 49.4 Å². The first-order valence-corrected chi connectivity index (χ1v) is 10.8. The minimum atomic E-state index is -3.85. The van der Waals surface area contributed by atoms with Crippen molar-refractivity contribution in [2.24, 2.45) is 0 Å². The molecule has 9 nitrogen and oxygen atoms in total. The maximum Gasteiger partial charge on any atom is 0.325 e. The number of esters is 1. The molecule has 1 N–H and O–H groups in total. The van der Waals surface area contributed by atoms with E-state index in [0.717, 1.165) is 5.41 Å². The van der Waals surface area contributed by atoms with Gasteiger partial charge in [-0.05, 0) is 36.4 Å². The van der Waals surface area contributed by atoms with Crippen LogP contribution in [0.1, 0.15) is 5.56 Å². The summed E-state index contributed by atoms with van der Waals surface area (Å²) in [5.41, 5.74) is 0.791. The predicted octanol–water partition coefficient (Wildman–Crippen LogP) is 3.26.